The van der Waals surface area contributed by atoms with Gasteiger partial charge in [0.25, 0.3) is 0 Å². The summed E-state index contributed by atoms with van der Waals surface area (Å²) in [4.78, 5) is 9.08. The molecule has 0 radical (unpaired) electrons. The quantitative estimate of drug-likeness (QED) is 0.867. The Morgan fingerprint density at radius 3 is 2.57 bits per heavy atom. The van der Waals surface area contributed by atoms with Crippen LogP contribution in [0.5, 0.6) is 0 Å². The van der Waals surface area contributed by atoms with Crippen LogP contribution in [-0.4, -0.2) is 29.0 Å². The number of nitrogens with one attached hydrogen (secondary N) is 1. The molecule has 1 saturated carbocycles. The van der Waals surface area contributed by atoms with Gasteiger partial charge in [-0.05, 0) is 44.7 Å². The fourth-order valence-corrected chi connectivity index (χ4v) is 4.14. The van der Waals surface area contributed by atoms with Gasteiger partial charge in [0.05, 0.1) is 12.2 Å². The molecule has 118 valence electrons. The molecule has 2 fully saturated rings. The largest absolute Gasteiger partial charge is 0.310 e. The molecule has 1 aliphatic heterocycles. The Balaban J connectivity index is 1.63. The second kappa shape index (κ2) is 6.76. The predicted molar refractivity (Wildman–Crippen MR) is 89.7 cm³/mol. The van der Waals surface area contributed by atoms with Gasteiger partial charge < -0.3 is 5.32 Å². The zero-order valence-corrected chi connectivity index (χ0v) is 14.5. The number of likely N-dealkylation sites (tertiary alicyclic amines) is 1. The highest BCUT2D eigenvalue weighted by molar-refractivity contribution is 7.11. The van der Waals surface area contributed by atoms with E-state index in [1.54, 1.807) is 0 Å². The zero-order chi connectivity index (χ0) is 14.8. The molecule has 1 N–H and O–H groups in total. The summed E-state index contributed by atoms with van der Waals surface area (Å²) in [7, 11) is 0. The monoisotopic (exact) mass is 307 g/mol. The first-order valence-corrected chi connectivity index (χ1v) is 9.37. The molecule has 1 aliphatic carbocycles. The minimum absolute atomic E-state index is 0.547. The molecule has 21 heavy (non-hydrogen) atoms. The number of piperidine rings is 1. The van der Waals surface area contributed by atoms with Gasteiger partial charge in [0.1, 0.15) is 5.01 Å². The summed E-state index contributed by atoms with van der Waals surface area (Å²) in [6, 6.07) is 0.547. The highest BCUT2D eigenvalue weighted by atomic mass is 32.1. The molecule has 0 aromatic carbocycles. The molecular weight excluding hydrogens is 278 g/mol. The highest BCUT2D eigenvalue weighted by Gasteiger charge is 2.30. The highest BCUT2D eigenvalue weighted by Crippen LogP contribution is 2.42. The second-order valence-electron chi connectivity index (χ2n) is 7.18. The topological polar surface area (TPSA) is 28.2 Å². The summed E-state index contributed by atoms with van der Waals surface area (Å²) in [5, 5.41) is 4.90. The molecule has 0 amide bonds. The van der Waals surface area contributed by atoms with E-state index in [1.165, 1.54) is 54.4 Å². The molecule has 0 unspecified atom stereocenters. The average Bonchev–Trinajstić information content (AvgIpc) is 3.21. The van der Waals surface area contributed by atoms with Gasteiger partial charge in [0.2, 0.25) is 0 Å². The summed E-state index contributed by atoms with van der Waals surface area (Å²) in [6.07, 6.45) is 5.39. The third-order valence-corrected chi connectivity index (χ3v) is 5.70. The molecule has 0 atom stereocenters. The minimum atomic E-state index is 0.547. The zero-order valence-electron chi connectivity index (χ0n) is 13.7. The Labute approximate surface area is 133 Å². The molecule has 1 saturated heterocycles. The van der Waals surface area contributed by atoms with Crippen LogP contribution in [0.25, 0.3) is 0 Å². The molecule has 3 nitrogen and oxygen atoms in total. The van der Waals surface area contributed by atoms with Gasteiger partial charge in [-0.15, -0.1) is 11.3 Å². The summed E-state index contributed by atoms with van der Waals surface area (Å²) in [5.41, 5.74) is 1.41. The van der Waals surface area contributed by atoms with Crippen LogP contribution in [0.4, 0.5) is 0 Å². The maximum Gasteiger partial charge on any atom is 0.107 e. The Morgan fingerprint density at radius 2 is 1.95 bits per heavy atom. The van der Waals surface area contributed by atoms with Gasteiger partial charge in [-0.2, -0.15) is 0 Å². The van der Waals surface area contributed by atoms with E-state index >= 15 is 0 Å². The van der Waals surface area contributed by atoms with Crippen LogP contribution >= 0.6 is 11.3 Å². The van der Waals surface area contributed by atoms with Crippen LogP contribution in [0.15, 0.2) is 0 Å². The van der Waals surface area contributed by atoms with Crippen LogP contribution in [0.3, 0.4) is 0 Å². The van der Waals surface area contributed by atoms with E-state index in [-0.39, 0.29) is 0 Å². The van der Waals surface area contributed by atoms with Crippen molar-refractivity contribution in [3.63, 3.8) is 0 Å². The number of rotatable bonds is 6. The maximum absolute atomic E-state index is 5.00. The predicted octanol–water partition coefficient (Wildman–Crippen LogP) is 3.75. The Hall–Kier alpha value is -0.450. The van der Waals surface area contributed by atoms with Crippen LogP contribution in [-0.2, 0) is 13.1 Å². The minimum Gasteiger partial charge on any atom is -0.310 e. The van der Waals surface area contributed by atoms with Crippen molar-refractivity contribution in [3.05, 3.63) is 15.6 Å². The number of hydrogen-bond acceptors (Lipinski definition) is 4. The van der Waals surface area contributed by atoms with Gasteiger partial charge >= 0.3 is 0 Å². The van der Waals surface area contributed by atoms with E-state index in [9.17, 15) is 0 Å². The van der Waals surface area contributed by atoms with Gasteiger partial charge in [0.15, 0.2) is 0 Å². The Morgan fingerprint density at radius 1 is 1.24 bits per heavy atom. The first-order chi connectivity index (χ1) is 10.1. The van der Waals surface area contributed by atoms with Gasteiger partial charge in [0, 0.05) is 23.4 Å². The van der Waals surface area contributed by atoms with Gasteiger partial charge in [-0.25, -0.2) is 4.98 Å². The van der Waals surface area contributed by atoms with Crippen molar-refractivity contribution >= 4 is 11.3 Å². The average molecular weight is 308 g/mol. The standard InChI is InChI=1S/C17H29N3S/c1-12(2)18-10-15-17(14-4-5-14)19-16(21-15)11-20-8-6-13(3)7-9-20/h12-14,18H,4-11H2,1-3H3. The molecule has 1 aromatic rings. The number of hydrogen-bond donors (Lipinski definition) is 1. The second-order valence-corrected chi connectivity index (χ2v) is 8.35. The van der Waals surface area contributed by atoms with Crippen LogP contribution < -0.4 is 5.32 Å². The molecule has 0 bridgehead atoms. The maximum atomic E-state index is 5.00. The van der Waals surface area contributed by atoms with E-state index in [1.807, 2.05) is 11.3 Å². The fraction of sp³-hybridized carbons (Fsp3) is 0.824. The summed E-state index contributed by atoms with van der Waals surface area (Å²) >= 11 is 1.95. The molecule has 0 spiro atoms. The lowest BCUT2D eigenvalue weighted by Crippen LogP contribution is -2.32. The first kappa shape index (κ1) is 15.4. The molecular formula is C17H29N3S. The summed E-state index contributed by atoms with van der Waals surface area (Å²) in [6.45, 7) is 11.4. The molecule has 2 heterocycles. The van der Waals surface area contributed by atoms with Crippen molar-refractivity contribution in [2.24, 2.45) is 5.92 Å². The summed E-state index contributed by atoms with van der Waals surface area (Å²) in [5.74, 6) is 1.67. The van der Waals surface area contributed by atoms with E-state index < -0.39 is 0 Å². The SMILES string of the molecule is CC1CCN(Cc2nc(C3CC3)c(CNC(C)C)s2)CC1. The smallest absolute Gasteiger partial charge is 0.107 e. The Bertz CT molecular complexity index is 457. The fourth-order valence-electron chi connectivity index (χ4n) is 2.99. The normalized spacial score (nSPS) is 21.3. The van der Waals surface area contributed by atoms with Crippen molar-refractivity contribution < 1.29 is 0 Å². The van der Waals surface area contributed by atoms with Crippen molar-refractivity contribution in [3.8, 4) is 0 Å². The van der Waals surface area contributed by atoms with Crippen molar-refractivity contribution in [1.82, 2.24) is 15.2 Å². The van der Waals surface area contributed by atoms with Crippen molar-refractivity contribution in [2.45, 2.75) is 71.5 Å². The van der Waals surface area contributed by atoms with Crippen LogP contribution in [0.2, 0.25) is 0 Å². The van der Waals surface area contributed by atoms with Crippen molar-refractivity contribution in [1.29, 1.82) is 0 Å². The van der Waals surface area contributed by atoms with E-state index in [0.717, 1.165) is 24.9 Å². The van der Waals surface area contributed by atoms with E-state index in [2.05, 4.69) is 31.0 Å². The van der Waals surface area contributed by atoms with Crippen molar-refractivity contribution in [2.75, 3.05) is 13.1 Å². The summed E-state index contributed by atoms with van der Waals surface area (Å²) < 4.78 is 0. The Kier molecular flexibility index (Phi) is 4.97. The third kappa shape index (κ3) is 4.27. The lowest BCUT2D eigenvalue weighted by atomic mass is 9.99. The number of nitrogens with zero attached hydrogens (tertiary/aromatic N) is 2. The molecule has 2 aliphatic rings. The lowest BCUT2D eigenvalue weighted by Gasteiger charge is -2.29. The molecule has 4 heteroatoms. The van der Waals surface area contributed by atoms with E-state index in [4.69, 9.17) is 4.98 Å². The van der Waals surface area contributed by atoms with E-state index in [0.29, 0.717) is 6.04 Å². The molecule has 3 rings (SSSR count). The van der Waals surface area contributed by atoms with Crippen LogP contribution in [0.1, 0.15) is 68.0 Å². The van der Waals surface area contributed by atoms with Crippen LogP contribution in [0, 0.1) is 5.92 Å². The number of thiazole rings is 1. The lowest BCUT2D eigenvalue weighted by molar-refractivity contribution is 0.185. The van der Waals surface area contributed by atoms with Gasteiger partial charge in [-0.3, -0.25) is 4.90 Å². The molecule has 1 aromatic heterocycles. The third-order valence-electron chi connectivity index (χ3n) is 4.64. The van der Waals surface area contributed by atoms with Gasteiger partial charge in [-0.1, -0.05) is 20.8 Å². The first-order valence-electron chi connectivity index (χ1n) is 8.56. The number of aromatic nitrogens is 1.